The van der Waals surface area contributed by atoms with E-state index in [1.807, 2.05) is 17.5 Å². The van der Waals surface area contributed by atoms with Crippen molar-refractivity contribution in [2.45, 2.75) is 6.54 Å². The van der Waals surface area contributed by atoms with E-state index in [0.717, 1.165) is 9.56 Å². The average molecular weight is 312 g/mol. The van der Waals surface area contributed by atoms with Gasteiger partial charge in [-0.3, -0.25) is 14.6 Å². The number of rotatable bonds is 4. The Morgan fingerprint density at radius 2 is 2.00 bits per heavy atom. The normalized spacial score (nSPS) is 10.4. The lowest BCUT2D eigenvalue weighted by Gasteiger charge is -2.07. The molecule has 0 atom stereocenters. The number of nitrogens with zero attached hydrogens (tertiary/aromatic N) is 3. The number of carbonyl (C=O) groups is 1. The average Bonchev–Trinajstić information content (AvgIpc) is 3.05. The molecule has 3 aromatic rings. The van der Waals surface area contributed by atoms with E-state index in [9.17, 15) is 9.59 Å². The van der Waals surface area contributed by atoms with Gasteiger partial charge in [0.05, 0.1) is 4.88 Å². The first-order valence-corrected chi connectivity index (χ1v) is 7.42. The zero-order valence-corrected chi connectivity index (χ0v) is 12.3. The van der Waals surface area contributed by atoms with Crippen LogP contribution in [0.25, 0.3) is 10.6 Å². The lowest BCUT2D eigenvalue weighted by atomic mass is 10.3. The quantitative estimate of drug-likeness (QED) is 0.799. The van der Waals surface area contributed by atoms with E-state index in [4.69, 9.17) is 0 Å². The molecule has 0 bridgehead atoms. The Morgan fingerprint density at radius 3 is 2.73 bits per heavy atom. The molecule has 0 aliphatic carbocycles. The maximum absolute atomic E-state index is 12.0. The molecule has 0 radical (unpaired) electrons. The van der Waals surface area contributed by atoms with E-state index in [2.05, 4.69) is 15.4 Å². The number of pyridine rings is 1. The van der Waals surface area contributed by atoms with Crippen molar-refractivity contribution in [1.82, 2.24) is 14.8 Å². The van der Waals surface area contributed by atoms with Crippen molar-refractivity contribution in [3.8, 4) is 10.6 Å². The van der Waals surface area contributed by atoms with Crippen LogP contribution < -0.4 is 10.9 Å². The first-order valence-electron chi connectivity index (χ1n) is 6.54. The molecule has 0 aliphatic heterocycles. The van der Waals surface area contributed by atoms with E-state index in [1.165, 1.54) is 17.4 Å². The summed E-state index contributed by atoms with van der Waals surface area (Å²) in [5.41, 5.74) is 0.985. The van der Waals surface area contributed by atoms with E-state index in [0.29, 0.717) is 11.4 Å². The molecule has 0 aliphatic rings. The SMILES string of the molecule is O=C(Cn1nc(-c2cccs2)ccc1=O)Nc1ccncc1. The van der Waals surface area contributed by atoms with Gasteiger partial charge in [-0.1, -0.05) is 6.07 Å². The van der Waals surface area contributed by atoms with E-state index in [1.54, 1.807) is 30.6 Å². The Bertz CT molecular complexity index is 828. The van der Waals surface area contributed by atoms with Crippen LogP contribution in [0, 0.1) is 0 Å². The van der Waals surface area contributed by atoms with Gasteiger partial charge in [0.15, 0.2) is 0 Å². The molecule has 0 aromatic carbocycles. The van der Waals surface area contributed by atoms with Gasteiger partial charge < -0.3 is 5.32 Å². The van der Waals surface area contributed by atoms with Gasteiger partial charge in [0, 0.05) is 24.1 Å². The number of nitrogens with one attached hydrogen (secondary N) is 1. The zero-order chi connectivity index (χ0) is 15.4. The molecule has 1 N–H and O–H groups in total. The van der Waals surface area contributed by atoms with Gasteiger partial charge in [-0.05, 0) is 29.6 Å². The Morgan fingerprint density at radius 1 is 1.18 bits per heavy atom. The Labute approximate surface area is 130 Å². The Kier molecular flexibility index (Phi) is 4.06. The minimum Gasteiger partial charge on any atom is -0.324 e. The van der Waals surface area contributed by atoms with Crippen molar-refractivity contribution >= 4 is 22.9 Å². The fourth-order valence-corrected chi connectivity index (χ4v) is 2.58. The lowest BCUT2D eigenvalue weighted by molar-refractivity contribution is -0.117. The molecule has 0 saturated heterocycles. The van der Waals surface area contributed by atoms with E-state index < -0.39 is 0 Å². The highest BCUT2D eigenvalue weighted by molar-refractivity contribution is 7.13. The van der Waals surface area contributed by atoms with Crippen LogP contribution in [0.2, 0.25) is 0 Å². The minimum atomic E-state index is -0.316. The summed E-state index contributed by atoms with van der Waals surface area (Å²) >= 11 is 1.53. The van der Waals surface area contributed by atoms with Gasteiger partial charge in [0.25, 0.3) is 5.56 Å². The van der Waals surface area contributed by atoms with E-state index in [-0.39, 0.29) is 18.0 Å². The molecule has 1 amide bonds. The van der Waals surface area contributed by atoms with Crippen molar-refractivity contribution < 1.29 is 4.79 Å². The first kappa shape index (κ1) is 14.2. The molecule has 7 heteroatoms. The predicted octanol–water partition coefficient (Wildman–Crippen LogP) is 2.01. The number of carbonyl (C=O) groups excluding carboxylic acids is 1. The number of hydrogen-bond acceptors (Lipinski definition) is 5. The largest absolute Gasteiger partial charge is 0.324 e. The number of aromatic nitrogens is 3. The number of anilines is 1. The van der Waals surface area contributed by atoms with Crippen LogP contribution in [-0.2, 0) is 11.3 Å². The van der Waals surface area contributed by atoms with Crippen molar-refractivity contribution in [3.05, 3.63) is 64.5 Å². The van der Waals surface area contributed by atoms with Gasteiger partial charge in [0.2, 0.25) is 5.91 Å². The zero-order valence-electron chi connectivity index (χ0n) is 11.5. The molecular formula is C15H12N4O2S. The third-order valence-electron chi connectivity index (χ3n) is 2.90. The maximum Gasteiger partial charge on any atom is 0.267 e. The standard InChI is InChI=1S/C15H12N4O2S/c20-14(17-11-5-7-16-8-6-11)10-19-15(21)4-3-12(18-19)13-2-1-9-22-13/h1-9H,10H2,(H,16,17,20). The molecule has 0 unspecified atom stereocenters. The van der Waals surface area contributed by atoms with Gasteiger partial charge in [-0.25, -0.2) is 4.68 Å². The third-order valence-corrected chi connectivity index (χ3v) is 3.79. The smallest absolute Gasteiger partial charge is 0.267 e. The van der Waals surface area contributed by atoms with Gasteiger partial charge in [0.1, 0.15) is 12.2 Å². The van der Waals surface area contributed by atoms with Gasteiger partial charge >= 0.3 is 0 Å². The summed E-state index contributed by atoms with van der Waals surface area (Å²) in [7, 11) is 0. The molecule has 22 heavy (non-hydrogen) atoms. The Hall–Kier alpha value is -2.80. The first-order chi connectivity index (χ1) is 10.7. The second kappa shape index (κ2) is 6.31. The van der Waals surface area contributed by atoms with Crippen molar-refractivity contribution in [1.29, 1.82) is 0 Å². The molecule has 0 fully saturated rings. The summed E-state index contributed by atoms with van der Waals surface area (Å²) < 4.78 is 1.16. The van der Waals surface area contributed by atoms with Crippen LogP contribution in [0.5, 0.6) is 0 Å². The molecule has 110 valence electrons. The lowest BCUT2D eigenvalue weighted by Crippen LogP contribution is -2.29. The highest BCUT2D eigenvalue weighted by Crippen LogP contribution is 2.21. The summed E-state index contributed by atoms with van der Waals surface area (Å²) in [6.07, 6.45) is 3.16. The van der Waals surface area contributed by atoms with Gasteiger partial charge in [-0.15, -0.1) is 11.3 Å². The summed E-state index contributed by atoms with van der Waals surface area (Å²) in [5, 5.41) is 8.87. The molecule has 3 heterocycles. The topological polar surface area (TPSA) is 76.9 Å². The fraction of sp³-hybridized carbons (Fsp3) is 0.0667. The van der Waals surface area contributed by atoms with Crippen molar-refractivity contribution in [2.24, 2.45) is 0 Å². The molecular weight excluding hydrogens is 300 g/mol. The van der Waals surface area contributed by atoms with Crippen LogP contribution in [0.3, 0.4) is 0 Å². The van der Waals surface area contributed by atoms with Crippen LogP contribution in [0.15, 0.2) is 59.0 Å². The second-order valence-corrected chi connectivity index (χ2v) is 5.42. The van der Waals surface area contributed by atoms with Crippen molar-refractivity contribution in [3.63, 3.8) is 0 Å². The number of hydrogen-bond donors (Lipinski definition) is 1. The van der Waals surface area contributed by atoms with Crippen LogP contribution in [-0.4, -0.2) is 20.7 Å². The second-order valence-electron chi connectivity index (χ2n) is 4.48. The highest BCUT2D eigenvalue weighted by atomic mass is 32.1. The molecule has 3 aromatic heterocycles. The predicted molar refractivity (Wildman–Crippen MR) is 84.7 cm³/mol. The van der Waals surface area contributed by atoms with Gasteiger partial charge in [-0.2, -0.15) is 5.10 Å². The number of amides is 1. The summed E-state index contributed by atoms with van der Waals surface area (Å²) in [6, 6.07) is 10.3. The fourth-order valence-electron chi connectivity index (χ4n) is 1.89. The third kappa shape index (κ3) is 3.26. The summed E-state index contributed by atoms with van der Waals surface area (Å²) in [5.74, 6) is -0.316. The monoisotopic (exact) mass is 312 g/mol. The van der Waals surface area contributed by atoms with Crippen LogP contribution >= 0.6 is 11.3 Å². The van der Waals surface area contributed by atoms with E-state index >= 15 is 0 Å². The maximum atomic E-state index is 12.0. The molecule has 3 rings (SSSR count). The summed E-state index contributed by atoms with van der Waals surface area (Å²) in [6.45, 7) is -0.139. The molecule has 0 saturated carbocycles. The molecule has 6 nitrogen and oxygen atoms in total. The highest BCUT2D eigenvalue weighted by Gasteiger charge is 2.08. The van der Waals surface area contributed by atoms with Crippen LogP contribution in [0.1, 0.15) is 0 Å². The number of thiophene rings is 1. The van der Waals surface area contributed by atoms with Crippen molar-refractivity contribution in [2.75, 3.05) is 5.32 Å². The Balaban J connectivity index is 1.78. The van der Waals surface area contributed by atoms with Crippen LogP contribution in [0.4, 0.5) is 5.69 Å². The molecule has 0 spiro atoms. The summed E-state index contributed by atoms with van der Waals surface area (Å²) in [4.78, 5) is 28.7. The minimum absolute atomic E-state index is 0.139.